The predicted octanol–water partition coefficient (Wildman–Crippen LogP) is 1.18. The van der Waals surface area contributed by atoms with Crippen molar-refractivity contribution in [2.45, 2.75) is 12.8 Å². The predicted molar refractivity (Wildman–Crippen MR) is 69.1 cm³/mol. The van der Waals surface area contributed by atoms with Crippen molar-refractivity contribution >= 4 is 11.9 Å². The first-order valence-corrected chi connectivity index (χ1v) is 6.34. The highest BCUT2D eigenvalue weighted by atomic mass is 16.5. The third kappa shape index (κ3) is 3.79. The van der Waals surface area contributed by atoms with Crippen LogP contribution in [0.25, 0.3) is 0 Å². The quantitative estimate of drug-likeness (QED) is 0.885. The molecule has 0 spiro atoms. The molecule has 1 saturated heterocycles. The van der Waals surface area contributed by atoms with Gasteiger partial charge in [-0.05, 0) is 24.1 Å². The fraction of sp³-hybridized carbons (Fsp3) is 0.429. The van der Waals surface area contributed by atoms with Crippen molar-refractivity contribution in [2.24, 2.45) is 0 Å². The summed E-state index contributed by atoms with van der Waals surface area (Å²) in [4.78, 5) is 24.4. The van der Waals surface area contributed by atoms with Gasteiger partial charge in [0.15, 0.2) is 0 Å². The second kappa shape index (κ2) is 6.33. The van der Waals surface area contributed by atoms with E-state index in [0.717, 1.165) is 5.56 Å². The van der Waals surface area contributed by atoms with Gasteiger partial charge in [0.25, 0.3) is 5.91 Å². The molecule has 1 fully saturated rings. The van der Waals surface area contributed by atoms with Gasteiger partial charge in [0.1, 0.15) is 0 Å². The van der Waals surface area contributed by atoms with Crippen LogP contribution in [0.3, 0.4) is 0 Å². The number of nitrogens with zero attached hydrogens (tertiary/aromatic N) is 1. The lowest BCUT2D eigenvalue weighted by atomic mass is 10.1. The molecule has 5 nitrogen and oxygen atoms in total. The van der Waals surface area contributed by atoms with Crippen molar-refractivity contribution in [2.75, 3.05) is 26.3 Å². The van der Waals surface area contributed by atoms with Crippen LogP contribution in [0.5, 0.6) is 0 Å². The first-order valence-electron chi connectivity index (χ1n) is 6.34. The molecule has 0 bridgehead atoms. The summed E-state index contributed by atoms with van der Waals surface area (Å²) in [5, 5.41) is 8.62. The van der Waals surface area contributed by atoms with Crippen molar-refractivity contribution < 1.29 is 19.4 Å². The molecule has 19 heavy (non-hydrogen) atoms. The van der Waals surface area contributed by atoms with Gasteiger partial charge in [0.2, 0.25) is 0 Å². The Morgan fingerprint density at radius 1 is 1.16 bits per heavy atom. The maximum Gasteiger partial charge on any atom is 0.303 e. The van der Waals surface area contributed by atoms with E-state index in [9.17, 15) is 9.59 Å². The van der Waals surface area contributed by atoms with Crippen LogP contribution >= 0.6 is 0 Å². The fourth-order valence-electron chi connectivity index (χ4n) is 2.01. The summed E-state index contributed by atoms with van der Waals surface area (Å²) in [6, 6.07) is 7.15. The Hall–Kier alpha value is -1.88. The number of aryl methyl sites for hydroxylation is 1. The summed E-state index contributed by atoms with van der Waals surface area (Å²) in [5.74, 6) is -0.804. The van der Waals surface area contributed by atoms with Gasteiger partial charge < -0.3 is 14.7 Å². The minimum atomic E-state index is -0.812. The molecule has 2 rings (SSSR count). The molecule has 1 heterocycles. The molecule has 0 saturated carbocycles. The highest BCUT2D eigenvalue weighted by Crippen LogP contribution is 2.10. The second-order valence-electron chi connectivity index (χ2n) is 4.50. The summed E-state index contributed by atoms with van der Waals surface area (Å²) in [7, 11) is 0. The van der Waals surface area contributed by atoms with Crippen LogP contribution in [0.1, 0.15) is 22.3 Å². The third-order valence-corrected chi connectivity index (χ3v) is 3.13. The summed E-state index contributed by atoms with van der Waals surface area (Å²) in [6.07, 6.45) is 0.595. The molecule has 0 aliphatic carbocycles. The topological polar surface area (TPSA) is 66.8 Å². The van der Waals surface area contributed by atoms with E-state index in [4.69, 9.17) is 9.84 Å². The van der Waals surface area contributed by atoms with Gasteiger partial charge in [-0.1, -0.05) is 12.1 Å². The van der Waals surface area contributed by atoms with Gasteiger partial charge in [0, 0.05) is 25.1 Å². The molecular formula is C14H17NO4. The molecule has 0 aromatic heterocycles. The van der Waals surface area contributed by atoms with E-state index >= 15 is 0 Å². The van der Waals surface area contributed by atoms with E-state index in [1.54, 1.807) is 17.0 Å². The standard InChI is InChI=1S/C14H17NO4/c16-13(17)6-3-11-1-4-12(5-2-11)14(18)15-7-9-19-10-8-15/h1-2,4-5H,3,6-10H2,(H,16,17). The number of carboxylic acids is 1. The van der Waals surface area contributed by atoms with Crippen molar-refractivity contribution in [1.29, 1.82) is 0 Å². The average Bonchev–Trinajstić information content (AvgIpc) is 2.46. The zero-order chi connectivity index (χ0) is 13.7. The number of aliphatic carboxylic acids is 1. The van der Waals surface area contributed by atoms with Gasteiger partial charge >= 0.3 is 5.97 Å². The molecule has 102 valence electrons. The third-order valence-electron chi connectivity index (χ3n) is 3.13. The Morgan fingerprint density at radius 2 is 1.79 bits per heavy atom. The number of benzene rings is 1. The van der Waals surface area contributed by atoms with E-state index < -0.39 is 5.97 Å². The van der Waals surface area contributed by atoms with Crippen molar-refractivity contribution in [1.82, 2.24) is 4.90 Å². The van der Waals surface area contributed by atoms with Crippen molar-refractivity contribution in [3.63, 3.8) is 0 Å². The number of carboxylic acid groups (broad SMARTS) is 1. The van der Waals surface area contributed by atoms with Crippen LogP contribution in [0, 0.1) is 0 Å². The van der Waals surface area contributed by atoms with E-state index in [0.29, 0.717) is 38.3 Å². The minimum Gasteiger partial charge on any atom is -0.481 e. The Bertz CT molecular complexity index is 449. The zero-order valence-electron chi connectivity index (χ0n) is 10.7. The van der Waals surface area contributed by atoms with E-state index in [-0.39, 0.29) is 12.3 Å². The zero-order valence-corrected chi connectivity index (χ0v) is 10.7. The summed E-state index contributed by atoms with van der Waals surface area (Å²) < 4.78 is 5.21. The van der Waals surface area contributed by atoms with Gasteiger partial charge in [-0.15, -0.1) is 0 Å². The Morgan fingerprint density at radius 3 is 2.37 bits per heavy atom. The minimum absolute atomic E-state index is 0.00749. The Labute approximate surface area is 111 Å². The lowest BCUT2D eigenvalue weighted by Gasteiger charge is -2.26. The molecule has 1 N–H and O–H groups in total. The van der Waals surface area contributed by atoms with Crippen LogP contribution in [0.4, 0.5) is 0 Å². The van der Waals surface area contributed by atoms with Crippen molar-refractivity contribution in [3.05, 3.63) is 35.4 Å². The van der Waals surface area contributed by atoms with Gasteiger partial charge in [-0.2, -0.15) is 0 Å². The summed E-state index contributed by atoms with van der Waals surface area (Å²) in [6.45, 7) is 2.42. The maximum atomic E-state index is 12.2. The van der Waals surface area contributed by atoms with E-state index in [1.165, 1.54) is 0 Å². The highest BCUT2D eigenvalue weighted by molar-refractivity contribution is 5.94. The number of carbonyl (C=O) groups is 2. The second-order valence-corrected chi connectivity index (χ2v) is 4.50. The lowest BCUT2D eigenvalue weighted by Crippen LogP contribution is -2.40. The van der Waals surface area contributed by atoms with Crippen LogP contribution in [-0.4, -0.2) is 48.2 Å². The van der Waals surface area contributed by atoms with E-state index in [1.807, 2.05) is 12.1 Å². The number of carbonyl (C=O) groups excluding carboxylic acids is 1. The maximum absolute atomic E-state index is 12.2. The lowest BCUT2D eigenvalue weighted by molar-refractivity contribution is -0.136. The summed E-state index contributed by atoms with van der Waals surface area (Å²) >= 11 is 0. The van der Waals surface area contributed by atoms with E-state index in [2.05, 4.69) is 0 Å². The van der Waals surface area contributed by atoms with Crippen LogP contribution in [-0.2, 0) is 16.0 Å². The number of hydrogen-bond acceptors (Lipinski definition) is 3. The molecule has 5 heteroatoms. The fourth-order valence-corrected chi connectivity index (χ4v) is 2.01. The van der Waals surface area contributed by atoms with Crippen LogP contribution in [0.2, 0.25) is 0 Å². The first-order chi connectivity index (χ1) is 9.16. The molecule has 1 aliphatic heterocycles. The smallest absolute Gasteiger partial charge is 0.303 e. The molecule has 1 aliphatic rings. The molecule has 1 aromatic rings. The summed E-state index contributed by atoms with van der Waals surface area (Å²) in [5.41, 5.74) is 1.57. The molecule has 0 radical (unpaired) electrons. The number of rotatable bonds is 4. The Balaban J connectivity index is 1.97. The monoisotopic (exact) mass is 263 g/mol. The Kier molecular flexibility index (Phi) is 4.52. The molecule has 1 amide bonds. The first kappa shape index (κ1) is 13.5. The SMILES string of the molecule is O=C(O)CCc1ccc(C(=O)N2CCOCC2)cc1. The molecule has 0 atom stereocenters. The van der Waals surface area contributed by atoms with Gasteiger partial charge in [-0.3, -0.25) is 9.59 Å². The van der Waals surface area contributed by atoms with Crippen LogP contribution < -0.4 is 0 Å². The highest BCUT2D eigenvalue weighted by Gasteiger charge is 2.18. The molecule has 0 unspecified atom stereocenters. The van der Waals surface area contributed by atoms with Crippen molar-refractivity contribution in [3.8, 4) is 0 Å². The molecule has 1 aromatic carbocycles. The number of morpholine rings is 1. The largest absolute Gasteiger partial charge is 0.481 e. The molecular weight excluding hydrogens is 246 g/mol. The normalized spacial score (nSPS) is 15.3. The van der Waals surface area contributed by atoms with Gasteiger partial charge in [-0.25, -0.2) is 0 Å². The number of ether oxygens (including phenoxy) is 1. The number of hydrogen-bond donors (Lipinski definition) is 1. The average molecular weight is 263 g/mol. The van der Waals surface area contributed by atoms with Gasteiger partial charge in [0.05, 0.1) is 13.2 Å². The number of amides is 1. The van der Waals surface area contributed by atoms with Crippen LogP contribution in [0.15, 0.2) is 24.3 Å².